The van der Waals surface area contributed by atoms with Gasteiger partial charge < -0.3 is 10.6 Å². The Labute approximate surface area is 118 Å². The number of carbonyl (C=O) groups is 1. The van der Waals surface area contributed by atoms with E-state index in [0.717, 1.165) is 12.2 Å². The summed E-state index contributed by atoms with van der Waals surface area (Å²) in [5.74, 6) is -0.169. The van der Waals surface area contributed by atoms with Gasteiger partial charge in [-0.15, -0.1) is 0 Å². The molecule has 0 aliphatic heterocycles. The molecule has 0 radical (unpaired) electrons. The van der Waals surface area contributed by atoms with Crippen LogP contribution >= 0.6 is 0 Å². The lowest BCUT2D eigenvalue weighted by Crippen LogP contribution is -2.11. The number of carbonyl (C=O) groups excluding carboxylic acids is 1. The van der Waals surface area contributed by atoms with E-state index in [9.17, 15) is 4.79 Å². The van der Waals surface area contributed by atoms with Gasteiger partial charge in [0.2, 0.25) is 0 Å². The molecule has 100 valence electrons. The quantitative estimate of drug-likeness (QED) is 0.891. The number of nitrogens with zero attached hydrogens (tertiary/aromatic N) is 1. The molecule has 2 aromatic rings. The van der Waals surface area contributed by atoms with Gasteiger partial charge in [0.1, 0.15) is 0 Å². The van der Waals surface area contributed by atoms with Crippen molar-refractivity contribution in [2.24, 2.45) is 0 Å². The van der Waals surface area contributed by atoms with E-state index in [0.29, 0.717) is 16.8 Å². The molecule has 0 heterocycles. The van der Waals surface area contributed by atoms with Crippen molar-refractivity contribution in [1.82, 2.24) is 0 Å². The Balaban J connectivity index is 2.05. The third kappa shape index (κ3) is 3.36. The largest absolute Gasteiger partial charge is 0.385 e. The second-order valence-electron chi connectivity index (χ2n) is 4.25. The van der Waals surface area contributed by atoms with Crippen molar-refractivity contribution in [2.75, 3.05) is 17.2 Å². The van der Waals surface area contributed by atoms with Crippen LogP contribution in [0.4, 0.5) is 11.4 Å². The highest BCUT2D eigenvalue weighted by atomic mass is 16.1. The molecule has 0 aliphatic carbocycles. The van der Waals surface area contributed by atoms with E-state index in [-0.39, 0.29) is 5.91 Å². The van der Waals surface area contributed by atoms with Gasteiger partial charge in [0, 0.05) is 23.5 Å². The molecule has 20 heavy (non-hydrogen) atoms. The molecule has 0 unspecified atom stereocenters. The SMILES string of the molecule is CCNc1ccc(C(=O)Nc2ccc(C#N)cc2)cc1. The molecule has 1 amide bonds. The number of hydrogen-bond acceptors (Lipinski definition) is 3. The van der Waals surface area contributed by atoms with E-state index in [1.165, 1.54) is 0 Å². The number of anilines is 2. The number of nitriles is 1. The average molecular weight is 265 g/mol. The van der Waals surface area contributed by atoms with Gasteiger partial charge in [0.05, 0.1) is 11.6 Å². The lowest BCUT2D eigenvalue weighted by Gasteiger charge is -2.07. The second-order valence-corrected chi connectivity index (χ2v) is 4.25. The minimum absolute atomic E-state index is 0.169. The molecule has 0 bridgehead atoms. The molecule has 2 aromatic carbocycles. The van der Waals surface area contributed by atoms with E-state index in [2.05, 4.69) is 10.6 Å². The molecule has 2 rings (SSSR count). The molecule has 0 saturated heterocycles. The molecule has 0 atom stereocenters. The lowest BCUT2D eigenvalue weighted by atomic mass is 10.1. The average Bonchev–Trinajstić information content (AvgIpc) is 2.49. The Morgan fingerprint density at radius 1 is 1.05 bits per heavy atom. The monoisotopic (exact) mass is 265 g/mol. The molecule has 0 aromatic heterocycles. The third-order valence-corrected chi connectivity index (χ3v) is 2.80. The van der Waals surface area contributed by atoms with Crippen LogP contribution in [-0.4, -0.2) is 12.5 Å². The summed E-state index contributed by atoms with van der Waals surface area (Å²) in [6, 6.07) is 16.1. The van der Waals surface area contributed by atoms with E-state index >= 15 is 0 Å². The molecular formula is C16H15N3O. The van der Waals surface area contributed by atoms with Crippen molar-refractivity contribution >= 4 is 17.3 Å². The predicted molar refractivity (Wildman–Crippen MR) is 79.7 cm³/mol. The summed E-state index contributed by atoms with van der Waals surface area (Å²) in [5, 5.41) is 14.7. The minimum Gasteiger partial charge on any atom is -0.385 e. The summed E-state index contributed by atoms with van der Waals surface area (Å²) >= 11 is 0. The number of rotatable bonds is 4. The highest BCUT2D eigenvalue weighted by molar-refractivity contribution is 6.04. The van der Waals surface area contributed by atoms with Crippen LogP contribution in [0, 0.1) is 11.3 Å². The summed E-state index contributed by atoms with van der Waals surface area (Å²) in [6.45, 7) is 2.86. The highest BCUT2D eigenvalue weighted by Gasteiger charge is 2.05. The zero-order chi connectivity index (χ0) is 14.4. The molecular weight excluding hydrogens is 250 g/mol. The molecule has 4 nitrogen and oxygen atoms in total. The summed E-state index contributed by atoms with van der Waals surface area (Å²) in [4.78, 5) is 12.0. The number of nitrogens with one attached hydrogen (secondary N) is 2. The van der Waals surface area contributed by atoms with Crippen molar-refractivity contribution in [3.8, 4) is 6.07 Å². The Hall–Kier alpha value is -2.80. The lowest BCUT2D eigenvalue weighted by molar-refractivity contribution is 0.102. The second kappa shape index (κ2) is 6.39. The van der Waals surface area contributed by atoms with E-state index in [1.54, 1.807) is 36.4 Å². The van der Waals surface area contributed by atoms with E-state index < -0.39 is 0 Å². The van der Waals surface area contributed by atoms with Crippen LogP contribution in [0.1, 0.15) is 22.8 Å². The highest BCUT2D eigenvalue weighted by Crippen LogP contribution is 2.13. The van der Waals surface area contributed by atoms with Gasteiger partial charge >= 0.3 is 0 Å². The molecule has 0 spiro atoms. The minimum atomic E-state index is -0.169. The van der Waals surface area contributed by atoms with Crippen LogP contribution in [0.25, 0.3) is 0 Å². The van der Waals surface area contributed by atoms with Crippen LogP contribution in [0.2, 0.25) is 0 Å². The molecule has 2 N–H and O–H groups in total. The zero-order valence-electron chi connectivity index (χ0n) is 11.2. The van der Waals surface area contributed by atoms with Crippen LogP contribution in [0.15, 0.2) is 48.5 Å². The Bertz CT molecular complexity index is 624. The first-order chi connectivity index (χ1) is 9.72. The first-order valence-electron chi connectivity index (χ1n) is 6.38. The van der Waals surface area contributed by atoms with Gasteiger partial charge in [-0.25, -0.2) is 0 Å². The van der Waals surface area contributed by atoms with E-state index in [4.69, 9.17) is 5.26 Å². The van der Waals surface area contributed by atoms with Gasteiger partial charge in [-0.05, 0) is 55.5 Å². The van der Waals surface area contributed by atoms with Crippen LogP contribution in [0.3, 0.4) is 0 Å². The topological polar surface area (TPSA) is 64.9 Å². The predicted octanol–water partition coefficient (Wildman–Crippen LogP) is 3.24. The number of amides is 1. The van der Waals surface area contributed by atoms with Gasteiger partial charge in [-0.2, -0.15) is 5.26 Å². The third-order valence-electron chi connectivity index (χ3n) is 2.80. The Morgan fingerprint density at radius 3 is 2.20 bits per heavy atom. The van der Waals surface area contributed by atoms with Gasteiger partial charge in [-0.1, -0.05) is 0 Å². The standard InChI is InChI=1S/C16H15N3O/c1-2-18-14-9-5-13(6-10-14)16(20)19-15-7-3-12(11-17)4-8-15/h3-10,18H,2H2,1H3,(H,19,20). The van der Waals surface area contributed by atoms with Gasteiger partial charge in [0.25, 0.3) is 5.91 Å². The zero-order valence-corrected chi connectivity index (χ0v) is 11.2. The van der Waals surface area contributed by atoms with Crippen molar-refractivity contribution in [3.05, 3.63) is 59.7 Å². The van der Waals surface area contributed by atoms with Crippen molar-refractivity contribution in [3.63, 3.8) is 0 Å². The van der Waals surface area contributed by atoms with Crippen molar-refractivity contribution in [1.29, 1.82) is 5.26 Å². The maximum Gasteiger partial charge on any atom is 0.255 e. The van der Waals surface area contributed by atoms with E-state index in [1.807, 2.05) is 25.1 Å². The Kier molecular flexibility index (Phi) is 4.35. The fraction of sp³-hybridized carbons (Fsp3) is 0.125. The fourth-order valence-electron chi connectivity index (χ4n) is 1.77. The van der Waals surface area contributed by atoms with Gasteiger partial charge in [-0.3, -0.25) is 4.79 Å². The van der Waals surface area contributed by atoms with Crippen LogP contribution < -0.4 is 10.6 Å². The first-order valence-corrected chi connectivity index (χ1v) is 6.38. The first kappa shape index (κ1) is 13.6. The Morgan fingerprint density at radius 2 is 1.65 bits per heavy atom. The maximum absolute atomic E-state index is 12.0. The molecule has 4 heteroatoms. The smallest absolute Gasteiger partial charge is 0.255 e. The summed E-state index contributed by atoms with van der Waals surface area (Å²) in [6.07, 6.45) is 0. The van der Waals surface area contributed by atoms with Crippen LogP contribution in [-0.2, 0) is 0 Å². The maximum atomic E-state index is 12.0. The van der Waals surface area contributed by atoms with Gasteiger partial charge in [0.15, 0.2) is 0 Å². The molecule has 0 saturated carbocycles. The van der Waals surface area contributed by atoms with Crippen molar-refractivity contribution < 1.29 is 4.79 Å². The normalized spacial score (nSPS) is 9.60. The summed E-state index contributed by atoms with van der Waals surface area (Å²) in [5.41, 5.74) is 2.82. The summed E-state index contributed by atoms with van der Waals surface area (Å²) < 4.78 is 0. The van der Waals surface area contributed by atoms with Crippen LogP contribution in [0.5, 0.6) is 0 Å². The van der Waals surface area contributed by atoms with Crippen molar-refractivity contribution in [2.45, 2.75) is 6.92 Å². The summed E-state index contributed by atoms with van der Waals surface area (Å²) in [7, 11) is 0. The fourth-order valence-corrected chi connectivity index (χ4v) is 1.77. The number of benzene rings is 2. The molecule has 0 aliphatic rings. The molecule has 0 fully saturated rings. The number of hydrogen-bond donors (Lipinski definition) is 2.